The van der Waals surface area contributed by atoms with Crippen LogP contribution in [0.15, 0.2) is 0 Å². The number of nitrogens with one attached hydrogen (secondary N) is 2. The van der Waals surface area contributed by atoms with Crippen LogP contribution in [0.25, 0.3) is 0 Å². The van der Waals surface area contributed by atoms with Gasteiger partial charge in [-0.2, -0.15) is 0 Å². The maximum Gasteiger partial charge on any atom is 0.242 e. The molecule has 5 nitrogen and oxygen atoms in total. The van der Waals surface area contributed by atoms with Crippen molar-refractivity contribution in [2.75, 3.05) is 14.1 Å². The van der Waals surface area contributed by atoms with Crippen LogP contribution in [0.1, 0.15) is 41.5 Å². The lowest BCUT2D eigenvalue weighted by molar-refractivity contribution is -0.134. The maximum absolute atomic E-state index is 12.5. The molecule has 0 aromatic carbocycles. The second-order valence-corrected chi connectivity index (χ2v) is 6.29. The quantitative estimate of drug-likeness (QED) is 0.740. The van der Waals surface area contributed by atoms with Crippen molar-refractivity contribution in [3.05, 3.63) is 0 Å². The zero-order chi connectivity index (χ0) is 16.0. The van der Waals surface area contributed by atoms with Gasteiger partial charge in [0.05, 0.1) is 6.04 Å². The first kappa shape index (κ1) is 18.9. The highest BCUT2D eigenvalue weighted by Gasteiger charge is 2.32. The number of hydrogen-bond donors (Lipinski definition) is 2. The lowest BCUT2D eigenvalue weighted by Crippen LogP contribution is -2.56. The normalized spacial score (nSPS) is 14.8. The Morgan fingerprint density at radius 2 is 1.40 bits per heavy atom. The second kappa shape index (κ2) is 8.25. The van der Waals surface area contributed by atoms with Crippen molar-refractivity contribution in [2.45, 2.75) is 59.7 Å². The minimum absolute atomic E-state index is 0.0519. The summed E-state index contributed by atoms with van der Waals surface area (Å²) in [6, 6.07) is -0.458. The highest BCUT2D eigenvalue weighted by atomic mass is 16.2. The van der Waals surface area contributed by atoms with Gasteiger partial charge in [0.25, 0.3) is 0 Å². The third-order valence-corrected chi connectivity index (χ3v) is 3.65. The fraction of sp³-hybridized carbons (Fsp3) is 0.867. The summed E-state index contributed by atoms with van der Waals surface area (Å²) in [5.41, 5.74) is 0. The number of rotatable bonds is 7. The fourth-order valence-electron chi connectivity index (χ4n) is 2.21. The molecule has 118 valence electrons. The molecule has 0 aromatic rings. The van der Waals surface area contributed by atoms with Gasteiger partial charge in [-0.05, 0) is 32.7 Å². The monoisotopic (exact) mass is 285 g/mol. The van der Waals surface area contributed by atoms with Gasteiger partial charge in [-0.3, -0.25) is 14.5 Å². The molecule has 0 aliphatic carbocycles. The molecule has 2 N–H and O–H groups in total. The molecule has 0 rings (SSSR count). The van der Waals surface area contributed by atoms with Gasteiger partial charge in [0.1, 0.15) is 6.04 Å². The van der Waals surface area contributed by atoms with Gasteiger partial charge in [0.15, 0.2) is 0 Å². The third kappa shape index (κ3) is 5.12. The van der Waals surface area contributed by atoms with Crippen LogP contribution in [0.4, 0.5) is 0 Å². The Balaban J connectivity index is 5.04. The molecular formula is C15H31N3O2. The Kier molecular flexibility index (Phi) is 7.79. The summed E-state index contributed by atoms with van der Waals surface area (Å²) >= 11 is 0. The van der Waals surface area contributed by atoms with Crippen LogP contribution in [-0.2, 0) is 9.59 Å². The fourth-order valence-corrected chi connectivity index (χ4v) is 2.21. The molecule has 0 spiro atoms. The SMILES string of the molecule is CNC(=O)C(NC(=O)C(C(C)C)N(C)C(C)C)C(C)C. The van der Waals surface area contributed by atoms with E-state index in [0.29, 0.717) is 0 Å². The molecule has 0 saturated carbocycles. The Morgan fingerprint density at radius 1 is 0.900 bits per heavy atom. The smallest absolute Gasteiger partial charge is 0.242 e. The van der Waals surface area contributed by atoms with Crippen molar-refractivity contribution in [1.29, 1.82) is 0 Å². The van der Waals surface area contributed by atoms with Crippen molar-refractivity contribution in [2.24, 2.45) is 11.8 Å². The molecule has 0 saturated heterocycles. The Bertz CT molecular complexity index is 327. The van der Waals surface area contributed by atoms with Crippen molar-refractivity contribution in [1.82, 2.24) is 15.5 Å². The molecule has 0 aromatic heterocycles. The number of nitrogens with zero attached hydrogens (tertiary/aromatic N) is 1. The van der Waals surface area contributed by atoms with E-state index >= 15 is 0 Å². The minimum atomic E-state index is -0.491. The van der Waals surface area contributed by atoms with Crippen molar-refractivity contribution >= 4 is 11.8 Å². The van der Waals surface area contributed by atoms with Crippen LogP contribution in [0, 0.1) is 11.8 Å². The summed E-state index contributed by atoms with van der Waals surface area (Å²) in [6.45, 7) is 12.0. The average molecular weight is 285 g/mol. The van der Waals surface area contributed by atoms with E-state index < -0.39 is 6.04 Å². The lowest BCUT2D eigenvalue weighted by atomic mass is 9.98. The van der Waals surface area contributed by atoms with E-state index in [2.05, 4.69) is 24.5 Å². The summed E-state index contributed by atoms with van der Waals surface area (Å²) in [6.07, 6.45) is 0. The zero-order valence-corrected chi connectivity index (χ0v) is 14.2. The van der Waals surface area contributed by atoms with Crippen LogP contribution in [-0.4, -0.2) is 48.9 Å². The van der Waals surface area contributed by atoms with Crippen LogP contribution in [0.2, 0.25) is 0 Å². The lowest BCUT2D eigenvalue weighted by Gasteiger charge is -2.34. The van der Waals surface area contributed by atoms with Crippen LogP contribution in [0.3, 0.4) is 0 Å². The number of likely N-dealkylation sites (N-methyl/N-ethyl adjacent to an activating group) is 2. The molecule has 0 bridgehead atoms. The van der Waals surface area contributed by atoms with E-state index in [0.717, 1.165) is 0 Å². The molecule has 0 aliphatic rings. The molecule has 2 atom stereocenters. The third-order valence-electron chi connectivity index (χ3n) is 3.65. The Hall–Kier alpha value is -1.10. The highest BCUT2D eigenvalue weighted by Crippen LogP contribution is 2.13. The van der Waals surface area contributed by atoms with E-state index in [1.807, 2.05) is 39.6 Å². The number of carbonyl (C=O) groups excluding carboxylic acids is 2. The Labute approximate surface area is 123 Å². The van der Waals surface area contributed by atoms with E-state index in [4.69, 9.17) is 0 Å². The number of amides is 2. The van der Waals surface area contributed by atoms with Gasteiger partial charge >= 0.3 is 0 Å². The molecule has 0 radical (unpaired) electrons. The topological polar surface area (TPSA) is 61.4 Å². The second-order valence-electron chi connectivity index (χ2n) is 6.29. The predicted molar refractivity (Wildman–Crippen MR) is 82.4 cm³/mol. The zero-order valence-electron chi connectivity index (χ0n) is 14.2. The first-order chi connectivity index (χ1) is 9.13. The molecule has 5 heteroatoms. The summed E-state index contributed by atoms with van der Waals surface area (Å²) in [5.74, 6) is -0.00229. The highest BCUT2D eigenvalue weighted by molar-refractivity contribution is 5.89. The molecule has 0 heterocycles. The summed E-state index contributed by atoms with van der Waals surface area (Å²) in [5, 5.41) is 5.50. The summed E-state index contributed by atoms with van der Waals surface area (Å²) < 4.78 is 0. The maximum atomic E-state index is 12.5. The molecular weight excluding hydrogens is 254 g/mol. The van der Waals surface area contributed by atoms with E-state index in [1.165, 1.54) is 0 Å². The average Bonchev–Trinajstić information content (AvgIpc) is 2.34. The van der Waals surface area contributed by atoms with E-state index in [9.17, 15) is 9.59 Å². The van der Waals surface area contributed by atoms with E-state index in [-0.39, 0.29) is 35.7 Å². The van der Waals surface area contributed by atoms with Crippen molar-refractivity contribution in [3.63, 3.8) is 0 Å². The van der Waals surface area contributed by atoms with Gasteiger partial charge in [-0.1, -0.05) is 27.7 Å². The molecule has 2 amide bonds. The van der Waals surface area contributed by atoms with E-state index in [1.54, 1.807) is 7.05 Å². The standard InChI is InChI=1S/C15H31N3O2/c1-9(2)12(14(19)16-7)17-15(20)13(10(3)4)18(8)11(5)6/h9-13H,1-8H3,(H,16,19)(H,17,20). The van der Waals surface area contributed by atoms with Crippen molar-refractivity contribution in [3.8, 4) is 0 Å². The Morgan fingerprint density at radius 3 is 1.70 bits per heavy atom. The molecule has 0 fully saturated rings. The summed E-state index contributed by atoms with van der Waals surface area (Å²) in [7, 11) is 3.53. The van der Waals surface area contributed by atoms with Crippen LogP contribution >= 0.6 is 0 Å². The first-order valence-electron chi connectivity index (χ1n) is 7.37. The summed E-state index contributed by atoms with van der Waals surface area (Å²) in [4.78, 5) is 26.4. The van der Waals surface area contributed by atoms with Gasteiger partial charge in [-0.25, -0.2) is 0 Å². The van der Waals surface area contributed by atoms with Crippen molar-refractivity contribution < 1.29 is 9.59 Å². The number of carbonyl (C=O) groups is 2. The van der Waals surface area contributed by atoms with Crippen LogP contribution < -0.4 is 10.6 Å². The largest absolute Gasteiger partial charge is 0.357 e. The van der Waals surface area contributed by atoms with Gasteiger partial charge in [0, 0.05) is 13.1 Å². The first-order valence-corrected chi connectivity index (χ1v) is 7.37. The van der Waals surface area contributed by atoms with Gasteiger partial charge in [-0.15, -0.1) is 0 Å². The predicted octanol–water partition coefficient (Wildman–Crippen LogP) is 1.24. The molecule has 20 heavy (non-hydrogen) atoms. The van der Waals surface area contributed by atoms with Gasteiger partial charge < -0.3 is 10.6 Å². The molecule has 2 unspecified atom stereocenters. The molecule has 0 aliphatic heterocycles. The van der Waals surface area contributed by atoms with Gasteiger partial charge in [0.2, 0.25) is 11.8 Å². The minimum Gasteiger partial charge on any atom is -0.357 e. The number of hydrogen-bond acceptors (Lipinski definition) is 3. The van der Waals surface area contributed by atoms with Crippen LogP contribution in [0.5, 0.6) is 0 Å².